The number of nitrogens with one attached hydrogen (secondary N) is 1. The molecule has 0 radical (unpaired) electrons. The summed E-state index contributed by atoms with van der Waals surface area (Å²) in [6.45, 7) is 2.19. The van der Waals surface area contributed by atoms with Crippen molar-refractivity contribution >= 4 is 11.8 Å². The lowest BCUT2D eigenvalue weighted by atomic mass is 10.3. The molecule has 6 nitrogen and oxygen atoms in total. The van der Waals surface area contributed by atoms with Crippen LogP contribution in [0.4, 0.5) is 10.5 Å². The summed E-state index contributed by atoms with van der Waals surface area (Å²) in [6, 6.07) is 16.2. The summed E-state index contributed by atoms with van der Waals surface area (Å²) < 4.78 is 10.8. The van der Waals surface area contributed by atoms with Gasteiger partial charge < -0.3 is 9.47 Å². The largest absolute Gasteiger partial charge is 0.471 e. The molecule has 3 aromatic rings. The van der Waals surface area contributed by atoms with Crippen LogP contribution in [0.15, 0.2) is 67.0 Å². The Bertz CT molecular complexity index is 839. The fourth-order valence-electron chi connectivity index (χ4n) is 2.15. The number of aromatic nitrogens is 2. The van der Waals surface area contributed by atoms with E-state index in [1.807, 2.05) is 31.2 Å². The minimum Gasteiger partial charge on any atom is -0.471 e. The molecule has 3 rings (SSSR count). The van der Waals surface area contributed by atoms with E-state index in [-0.39, 0.29) is 0 Å². The Kier molecular flexibility index (Phi) is 5.21. The van der Waals surface area contributed by atoms with Crippen molar-refractivity contribution in [3.63, 3.8) is 0 Å². The third-order valence-electron chi connectivity index (χ3n) is 3.31. The zero-order valence-electron chi connectivity index (χ0n) is 13.7. The molecule has 25 heavy (non-hydrogen) atoms. The van der Waals surface area contributed by atoms with Crippen LogP contribution in [-0.4, -0.2) is 16.1 Å². The first-order chi connectivity index (χ1) is 12.2. The molecular weight excluding hydrogens is 318 g/mol. The number of hydrogen-bond donors (Lipinski definition) is 1. The molecule has 0 saturated carbocycles. The van der Waals surface area contributed by atoms with Gasteiger partial charge in [0.1, 0.15) is 12.4 Å². The first kappa shape index (κ1) is 16.4. The molecule has 0 aliphatic carbocycles. The van der Waals surface area contributed by atoms with E-state index in [4.69, 9.17) is 9.47 Å². The van der Waals surface area contributed by atoms with E-state index in [9.17, 15) is 4.79 Å². The predicted octanol–water partition coefficient (Wildman–Crippen LogP) is 3.97. The average molecular weight is 335 g/mol. The van der Waals surface area contributed by atoms with E-state index in [0.29, 0.717) is 23.9 Å². The predicted molar refractivity (Wildman–Crippen MR) is 93.6 cm³/mol. The monoisotopic (exact) mass is 335 g/mol. The first-order valence-electron chi connectivity index (χ1n) is 7.74. The van der Waals surface area contributed by atoms with Crippen molar-refractivity contribution in [2.45, 2.75) is 13.5 Å². The summed E-state index contributed by atoms with van der Waals surface area (Å²) >= 11 is 0. The number of ether oxygens (including phenoxy) is 2. The maximum Gasteiger partial charge on any atom is 0.417 e. The molecule has 126 valence electrons. The fraction of sp³-hybridized carbons (Fsp3) is 0.105. The highest BCUT2D eigenvalue weighted by atomic mass is 16.6. The highest BCUT2D eigenvalue weighted by Gasteiger charge is 2.08. The van der Waals surface area contributed by atoms with Crippen molar-refractivity contribution in [2.75, 3.05) is 5.32 Å². The van der Waals surface area contributed by atoms with Gasteiger partial charge in [0.2, 0.25) is 5.88 Å². The molecule has 0 fully saturated rings. The number of amides is 1. The standard InChI is InChI=1S/C19H17N3O3/c1-14-11-16(22-19(23)25-17-8-3-2-4-9-17)12-21-18(14)24-13-15-7-5-6-10-20-15/h2-12H,13H2,1H3,(H,22,23). The van der Waals surface area contributed by atoms with Crippen molar-refractivity contribution in [2.24, 2.45) is 0 Å². The second kappa shape index (κ2) is 7.92. The number of nitrogens with zero attached hydrogens (tertiary/aromatic N) is 2. The van der Waals surface area contributed by atoms with Gasteiger partial charge in [-0.2, -0.15) is 0 Å². The van der Waals surface area contributed by atoms with Gasteiger partial charge in [-0.15, -0.1) is 0 Å². The zero-order chi connectivity index (χ0) is 17.5. The molecule has 1 amide bonds. The Hall–Kier alpha value is -3.41. The maximum absolute atomic E-state index is 11.9. The molecule has 0 saturated heterocycles. The molecule has 2 heterocycles. The molecule has 0 atom stereocenters. The van der Waals surface area contributed by atoms with E-state index in [0.717, 1.165) is 11.3 Å². The normalized spacial score (nSPS) is 10.1. The molecule has 1 N–H and O–H groups in total. The van der Waals surface area contributed by atoms with Crippen LogP contribution in [0.25, 0.3) is 0 Å². The molecule has 1 aromatic carbocycles. The average Bonchev–Trinajstić information content (AvgIpc) is 2.63. The van der Waals surface area contributed by atoms with Gasteiger partial charge in [-0.3, -0.25) is 10.3 Å². The van der Waals surface area contributed by atoms with Gasteiger partial charge in [-0.1, -0.05) is 24.3 Å². The first-order valence-corrected chi connectivity index (χ1v) is 7.74. The van der Waals surface area contributed by atoms with Gasteiger partial charge in [0, 0.05) is 11.8 Å². The molecule has 2 aromatic heterocycles. The van der Waals surface area contributed by atoms with Gasteiger partial charge in [-0.05, 0) is 37.3 Å². The zero-order valence-corrected chi connectivity index (χ0v) is 13.7. The second-order valence-corrected chi connectivity index (χ2v) is 5.28. The summed E-state index contributed by atoms with van der Waals surface area (Å²) in [5, 5.41) is 2.64. The van der Waals surface area contributed by atoms with Crippen LogP contribution >= 0.6 is 0 Å². The number of carbonyl (C=O) groups excluding carboxylic acids is 1. The number of pyridine rings is 2. The Balaban J connectivity index is 1.58. The number of aryl methyl sites for hydroxylation is 1. The van der Waals surface area contributed by atoms with E-state index in [1.165, 1.54) is 6.20 Å². The fourth-order valence-corrected chi connectivity index (χ4v) is 2.15. The van der Waals surface area contributed by atoms with E-state index in [1.54, 1.807) is 36.5 Å². The molecule has 0 bridgehead atoms. The van der Waals surface area contributed by atoms with Gasteiger partial charge in [0.05, 0.1) is 17.6 Å². The van der Waals surface area contributed by atoms with Gasteiger partial charge >= 0.3 is 6.09 Å². The number of benzene rings is 1. The Morgan fingerprint density at radius 3 is 2.60 bits per heavy atom. The third-order valence-corrected chi connectivity index (χ3v) is 3.31. The summed E-state index contributed by atoms with van der Waals surface area (Å²) in [5.41, 5.74) is 2.15. The highest BCUT2D eigenvalue weighted by Crippen LogP contribution is 2.20. The molecule has 0 aliphatic heterocycles. The van der Waals surface area contributed by atoms with Gasteiger partial charge in [0.15, 0.2) is 0 Å². The van der Waals surface area contributed by atoms with Crippen LogP contribution in [0.2, 0.25) is 0 Å². The topological polar surface area (TPSA) is 73.3 Å². The van der Waals surface area contributed by atoms with Crippen LogP contribution in [0, 0.1) is 6.92 Å². The lowest BCUT2D eigenvalue weighted by Gasteiger charge is -2.10. The molecule has 0 aliphatic rings. The van der Waals surface area contributed by atoms with Crippen molar-refractivity contribution in [1.82, 2.24) is 9.97 Å². The van der Waals surface area contributed by atoms with E-state index < -0.39 is 6.09 Å². The molecule has 0 unspecified atom stereocenters. The van der Waals surface area contributed by atoms with Gasteiger partial charge in [0.25, 0.3) is 0 Å². The number of para-hydroxylation sites is 1. The third kappa shape index (κ3) is 4.78. The Labute approximate surface area is 145 Å². The lowest BCUT2D eigenvalue weighted by Crippen LogP contribution is -2.17. The SMILES string of the molecule is Cc1cc(NC(=O)Oc2ccccc2)cnc1OCc1ccccn1. The number of rotatable bonds is 5. The van der Waals surface area contributed by atoms with Crippen LogP contribution < -0.4 is 14.8 Å². The maximum atomic E-state index is 11.9. The summed E-state index contributed by atoms with van der Waals surface area (Å²) in [4.78, 5) is 20.3. The van der Waals surface area contributed by atoms with E-state index >= 15 is 0 Å². The van der Waals surface area contributed by atoms with Crippen LogP contribution in [-0.2, 0) is 6.61 Å². The van der Waals surface area contributed by atoms with Crippen LogP contribution in [0.5, 0.6) is 11.6 Å². The summed E-state index contributed by atoms with van der Waals surface area (Å²) in [5.74, 6) is 0.965. The van der Waals surface area contributed by atoms with Crippen molar-refractivity contribution < 1.29 is 14.3 Å². The van der Waals surface area contributed by atoms with Crippen LogP contribution in [0.3, 0.4) is 0 Å². The quantitative estimate of drug-likeness (QED) is 0.763. The number of carbonyl (C=O) groups is 1. The van der Waals surface area contributed by atoms with E-state index in [2.05, 4.69) is 15.3 Å². The van der Waals surface area contributed by atoms with Crippen molar-refractivity contribution in [1.29, 1.82) is 0 Å². The second-order valence-electron chi connectivity index (χ2n) is 5.28. The minimum atomic E-state index is -0.574. The highest BCUT2D eigenvalue weighted by molar-refractivity contribution is 5.86. The molecule has 0 spiro atoms. The minimum absolute atomic E-state index is 0.331. The molecular formula is C19H17N3O3. The Morgan fingerprint density at radius 2 is 1.88 bits per heavy atom. The number of hydrogen-bond acceptors (Lipinski definition) is 5. The van der Waals surface area contributed by atoms with Crippen molar-refractivity contribution in [3.8, 4) is 11.6 Å². The lowest BCUT2D eigenvalue weighted by molar-refractivity contribution is 0.215. The summed E-state index contributed by atoms with van der Waals surface area (Å²) in [6.07, 6.45) is 2.66. The summed E-state index contributed by atoms with van der Waals surface area (Å²) in [7, 11) is 0. The number of anilines is 1. The van der Waals surface area contributed by atoms with Gasteiger partial charge in [-0.25, -0.2) is 9.78 Å². The van der Waals surface area contributed by atoms with Crippen LogP contribution in [0.1, 0.15) is 11.3 Å². The molecule has 6 heteroatoms. The Morgan fingerprint density at radius 1 is 1.08 bits per heavy atom. The van der Waals surface area contributed by atoms with Crippen molar-refractivity contribution in [3.05, 3.63) is 78.2 Å². The smallest absolute Gasteiger partial charge is 0.417 e.